The van der Waals surface area contributed by atoms with Gasteiger partial charge in [-0.2, -0.15) is 0 Å². The minimum absolute atomic E-state index is 0.486. The van der Waals surface area contributed by atoms with E-state index in [2.05, 4.69) is 29.8 Å². The first kappa shape index (κ1) is 12.4. The molecule has 94 valence electrons. The second-order valence-corrected chi connectivity index (χ2v) is 5.31. The van der Waals surface area contributed by atoms with Crippen LogP contribution in [0, 0.1) is 5.92 Å². The topological polar surface area (TPSA) is 36.4 Å². The third-order valence-electron chi connectivity index (χ3n) is 3.31. The Morgan fingerprint density at radius 1 is 1.35 bits per heavy atom. The van der Waals surface area contributed by atoms with Crippen LogP contribution in [0.3, 0.4) is 0 Å². The first-order valence-electron chi connectivity index (χ1n) is 6.48. The molecular formula is C14H22N2O. The van der Waals surface area contributed by atoms with E-state index in [4.69, 9.17) is 0 Å². The Bertz CT molecular complexity index is 355. The van der Waals surface area contributed by atoms with E-state index in [1.54, 1.807) is 6.92 Å². The summed E-state index contributed by atoms with van der Waals surface area (Å²) in [5, 5.41) is 9.44. The maximum Gasteiger partial charge on any atom is 0.0931 e. The lowest BCUT2D eigenvalue weighted by molar-refractivity contribution is 0.194. The molecule has 1 fully saturated rings. The standard InChI is InChI=1S/C14H22N2O/c1-10(2)16(9-12-4-5-12)13-6-7-14(11(3)17)15-8-13/h6-8,10-12,17H,4-5,9H2,1-3H3/t11-/m0/s1. The van der Waals surface area contributed by atoms with Gasteiger partial charge < -0.3 is 10.0 Å². The van der Waals surface area contributed by atoms with Crippen molar-refractivity contribution < 1.29 is 5.11 Å². The Morgan fingerprint density at radius 2 is 2.06 bits per heavy atom. The number of aromatic nitrogens is 1. The van der Waals surface area contributed by atoms with Crippen LogP contribution < -0.4 is 4.90 Å². The molecule has 0 amide bonds. The van der Waals surface area contributed by atoms with E-state index in [0.29, 0.717) is 6.04 Å². The van der Waals surface area contributed by atoms with Crippen molar-refractivity contribution in [2.45, 2.75) is 45.8 Å². The van der Waals surface area contributed by atoms with Gasteiger partial charge in [0, 0.05) is 12.6 Å². The lowest BCUT2D eigenvalue weighted by Gasteiger charge is -2.29. The summed E-state index contributed by atoms with van der Waals surface area (Å²) < 4.78 is 0. The third-order valence-corrected chi connectivity index (χ3v) is 3.31. The summed E-state index contributed by atoms with van der Waals surface area (Å²) in [5.74, 6) is 0.869. The number of nitrogens with zero attached hydrogens (tertiary/aromatic N) is 2. The molecule has 3 nitrogen and oxygen atoms in total. The van der Waals surface area contributed by atoms with E-state index < -0.39 is 6.10 Å². The molecule has 0 aromatic carbocycles. The zero-order valence-electron chi connectivity index (χ0n) is 10.9. The highest BCUT2D eigenvalue weighted by Gasteiger charge is 2.25. The van der Waals surface area contributed by atoms with E-state index in [1.807, 2.05) is 12.3 Å². The number of hydrogen-bond acceptors (Lipinski definition) is 3. The molecule has 0 spiro atoms. The Morgan fingerprint density at radius 3 is 2.47 bits per heavy atom. The van der Waals surface area contributed by atoms with Crippen LogP contribution in [0.25, 0.3) is 0 Å². The van der Waals surface area contributed by atoms with Crippen LogP contribution in [0.4, 0.5) is 5.69 Å². The highest BCUT2D eigenvalue weighted by atomic mass is 16.3. The van der Waals surface area contributed by atoms with Gasteiger partial charge in [-0.15, -0.1) is 0 Å². The first-order chi connectivity index (χ1) is 8.08. The molecule has 0 bridgehead atoms. The van der Waals surface area contributed by atoms with Gasteiger partial charge in [-0.3, -0.25) is 4.98 Å². The van der Waals surface area contributed by atoms with Crippen LogP contribution in [0.1, 0.15) is 45.4 Å². The molecular weight excluding hydrogens is 212 g/mol. The average molecular weight is 234 g/mol. The van der Waals surface area contributed by atoms with E-state index in [9.17, 15) is 5.11 Å². The summed E-state index contributed by atoms with van der Waals surface area (Å²) in [6.45, 7) is 7.30. The normalized spacial score (nSPS) is 17.2. The van der Waals surface area contributed by atoms with Gasteiger partial charge in [0.2, 0.25) is 0 Å². The first-order valence-corrected chi connectivity index (χ1v) is 6.48. The fourth-order valence-corrected chi connectivity index (χ4v) is 2.01. The zero-order chi connectivity index (χ0) is 12.4. The predicted octanol–water partition coefficient (Wildman–Crippen LogP) is 2.76. The van der Waals surface area contributed by atoms with Gasteiger partial charge in [-0.1, -0.05) is 0 Å². The minimum Gasteiger partial charge on any atom is -0.387 e. The minimum atomic E-state index is -0.486. The number of aliphatic hydroxyl groups is 1. The van der Waals surface area contributed by atoms with Crippen LogP contribution >= 0.6 is 0 Å². The third kappa shape index (κ3) is 3.19. The van der Waals surface area contributed by atoms with E-state index >= 15 is 0 Å². The fraction of sp³-hybridized carbons (Fsp3) is 0.643. The van der Waals surface area contributed by atoms with E-state index in [-0.39, 0.29) is 0 Å². The molecule has 1 aliphatic rings. The number of pyridine rings is 1. The number of rotatable bonds is 5. The number of anilines is 1. The number of hydrogen-bond donors (Lipinski definition) is 1. The largest absolute Gasteiger partial charge is 0.387 e. The van der Waals surface area contributed by atoms with Crippen LogP contribution in [-0.4, -0.2) is 22.7 Å². The van der Waals surface area contributed by atoms with Crippen LogP contribution in [0.15, 0.2) is 18.3 Å². The SMILES string of the molecule is CC(C)N(CC1CC1)c1ccc([C@H](C)O)nc1. The fourth-order valence-electron chi connectivity index (χ4n) is 2.01. The Balaban J connectivity index is 2.11. The van der Waals surface area contributed by atoms with Crippen molar-refractivity contribution in [3.8, 4) is 0 Å². The molecule has 1 saturated carbocycles. The summed E-state index contributed by atoms with van der Waals surface area (Å²) >= 11 is 0. The van der Waals surface area contributed by atoms with E-state index in [1.165, 1.54) is 12.8 Å². The van der Waals surface area contributed by atoms with Gasteiger partial charge >= 0.3 is 0 Å². The van der Waals surface area contributed by atoms with Crippen molar-refractivity contribution in [2.24, 2.45) is 5.92 Å². The number of aliphatic hydroxyl groups excluding tert-OH is 1. The zero-order valence-corrected chi connectivity index (χ0v) is 10.9. The van der Waals surface area contributed by atoms with Gasteiger partial charge in [0.15, 0.2) is 0 Å². The highest BCUT2D eigenvalue weighted by molar-refractivity contribution is 5.45. The van der Waals surface area contributed by atoms with Gasteiger partial charge in [0.25, 0.3) is 0 Å². The van der Waals surface area contributed by atoms with Gasteiger partial charge in [-0.05, 0) is 51.7 Å². The quantitative estimate of drug-likeness (QED) is 0.851. The van der Waals surface area contributed by atoms with Crippen molar-refractivity contribution in [1.82, 2.24) is 4.98 Å². The molecule has 3 heteroatoms. The van der Waals surface area contributed by atoms with Crippen molar-refractivity contribution in [2.75, 3.05) is 11.4 Å². The summed E-state index contributed by atoms with van der Waals surface area (Å²) in [6, 6.07) is 4.48. The molecule has 0 saturated heterocycles. The Labute approximate surface area is 103 Å². The molecule has 0 unspecified atom stereocenters. The maximum absolute atomic E-state index is 9.44. The van der Waals surface area contributed by atoms with Crippen molar-refractivity contribution in [1.29, 1.82) is 0 Å². The molecule has 1 aliphatic carbocycles. The molecule has 17 heavy (non-hydrogen) atoms. The molecule has 1 heterocycles. The van der Waals surface area contributed by atoms with Gasteiger partial charge in [0.1, 0.15) is 0 Å². The Kier molecular flexibility index (Phi) is 3.67. The molecule has 1 aromatic heterocycles. The monoisotopic (exact) mass is 234 g/mol. The Hall–Kier alpha value is -1.09. The lowest BCUT2D eigenvalue weighted by Crippen LogP contribution is -2.32. The molecule has 0 aliphatic heterocycles. The molecule has 1 atom stereocenters. The summed E-state index contributed by atoms with van der Waals surface area (Å²) in [4.78, 5) is 6.72. The highest BCUT2D eigenvalue weighted by Crippen LogP contribution is 2.32. The lowest BCUT2D eigenvalue weighted by atomic mass is 10.2. The van der Waals surface area contributed by atoms with Gasteiger partial charge in [-0.25, -0.2) is 0 Å². The van der Waals surface area contributed by atoms with Crippen molar-refractivity contribution in [3.63, 3.8) is 0 Å². The second-order valence-electron chi connectivity index (χ2n) is 5.31. The van der Waals surface area contributed by atoms with Crippen LogP contribution in [0.2, 0.25) is 0 Å². The maximum atomic E-state index is 9.44. The molecule has 0 radical (unpaired) electrons. The van der Waals surface area contributed by atoms with Crippen LogP contribution in [-0.2, 0) is 0 Å². The smallest absolute Gasteiger partial charge is 0.0931 e. The molecule has 1 N–H and O–H groups in total. The van der Waals surface area contributed by atoms with Gasteiger partial charge in [0.05, 0.1) is 23.7 Å². The van der Waals surface area contributed by atoms with E-state index in [0.717, 1.165) is 23.8 Å². The summed E-state index contributed by atoms with van der Waals surface area (Å²) in [7, 11) is 0. The summed E-state index contributed by atoms with van der Waals surface area (Å²) in [6.07, 6.45) is 4.12. The second kappa shape index (κ2) is 5.05. The summed E-state index contributed by atoms with van der Waals surface area (Å²) in [5.41, 5.74) is 1.90. The van der Waals surface area contributed by atoms with Crippen LogP contribution in [0.5, 0.6) is 0 Å². The van der Waals surface area contributed by atoms with Crippen molar-refractivity contribution >= 4 is 5.69 Å². The van der Waals surface area contributed by atoms with Crippen molar-refractivity contribution in [3.05, 3.63) is 24.0 Å². The predicted molar refractivity (Wildman–Crippen MR) is 70.1 cm³/mol. The average Bonchev–Trinajstić information content (AvgIpc) is 3.09. The molecule has 1 aromatic rings. The molecule has 2 rings (SSSR count).